The summed E-state index contributed by atoms with van der Waals surface area (Å²) in [5, 5.41) is 8.82. The molecule has 3 aromatic rings. The van der Waals surface area contributed by atoms with Crippen LogP contribution in [-0.2, 0) is 13.6 Å². The number of aryl methyl sites for hydroxylation is 1. The molecule has 0 radical (unpaired) electrons. The van der Waals surface area contributed by atoms with Crippen molar-refractivity contribution in [1.29, 1.82) is 0 Å². The van der Waals surface area contributed by atoms with Gasteiger partial charge < -0.3 is 15.2 Å². The Bertz CT molecular complexity index is 913. The Morgan fingerprint density at radius 2 is 2.25 bits per heavy atom. The van der Waals surface area contributed by atoms with Gasteiger partial charge in [0.25, 0.3) is 5.56 Å². The summed E-state index contributed by atoms with van der Waals surface area (Å²) >= 11 is 0. The predicted molar refractivity (Wildman–Crippen MR) is 95.2 cm³/mol. The van der Waals surface area contributed by atoms with Crippen LogP contribution in [0.25, 0.3) is 10.9 Å². The van der Waals surface area contributed by atoms with Crippen molar-refractivity contribution < 1.29 is 0 Å². The van der Waals surface area contributed by atoms with Crippen molar-refractivity contribution in [2.45, 2.75) is 19.0 Å². The number of pyridine rings is 1. The lowest BCUT2D eigenvalue weighted by atomic mass is 10.1. The van der Waals surface area contributed by atoms with Crippen molar-refractivity contribution in [2.75, 3.05) is 18.0 Å². The first kappa shape index (κ1) is 15.0. The van der Waals surface area contributed by atoms with Crippen LogP contribution in [0.3, 0.4) is 0 Å². The van der Waals surface area contributed by atoms with Gasteiger partial charge in [0.15, 0.2) is 0 Å². The predicted octanol–water partition coefficient (Wildman–Crippen LogP) is 1.63. The SMILES string of the molecule is Cn1cc(N2CCC(NCc3cc4ccccc4[nH]c3=O)C2)cn1. The molecule has 0 bridgehead atoms. The summed E-state index contributed by atoms with van der Waals surface area (Å²) in [5.74, 6) is 0. The number of para-hydroxylation sites is 1. The van der Waals surface area contributed by atoms with Crippen LogP contribution in [0.2, 0.25) is 0 Å². The Kier molecular flexibility index (Phi) is 3.82. The molecule has 4 rings (SSSR count). The second-order valence-corrected chi connectivity index (χ2v) is 6.40. The fourth-order valence-corrected chi connectivity index (χ4v) is 3.31. The highest BCUT2D eigenvalue weighted by atomic mass is 16.1. The maximum absolute atomic E-state index is 12.2. The molecule has 1 aliphatic heterocycles. The van der Waals surface area contributed by atoms with E-state index in [2.05, 4.69) is 20.3 Å². The minimum Gasteiger partial charge on any atom is -0.367 e. The molecule has 0 aliphatic carbocycles. The number of aromatic nitrogens is 3. The largest absolute Gasteiger partial charge is 0.367 e. The Morgan fingerprint density at radius 1 is 1.38 bits per heavy atom. The van der Waals surface area contributed by atoms with E-state index in [-0.39, 0.29) is 5.56 Å². The summed E-state index contributed by atoms with van der Waals surface area (Å²) in [4.78, 5) is 17.5. The molecule has 2 N–H and O–H groups in total. The average molecular weight is 323 g/mol. The minimum atomic E-state index is -0.0108. The van der Waals surface area contributed by atoms with E-state index in [0.717, 1.165) is 41.7 Å². The number of rotatable bonds is 4. The van der Waals surface area contributed by atoms with Crippen LogP contribution in [-0.4, -0.2) is 33.9 Å². The maximum Gasteiger partial charge on any atom is 0.252 e. The highest BCUT2D eigenvalue weighted by molar-refractivity contribution is 5.78. The van der Waals surface area contributed by atoms with E-state index in [9.17, 15) is 4.79 Å². The quantitative estimate of drug-likeness (QED) is 0.766. The molecule has 1 aromatic carbocycles. The Labute approximate surface area is 140 Å². The number of anilines is 1. The van der Waals surface area contributed by atoms with Crippen molar-refractivity contribution in [3.63, 3.8) is 0 Å². The fourth-order valence-electron chi connectivity index (χ4n) is 3.31. The zero-order valence-electron chi connectivity index (χ0n) is 13.7. The molecule has 0 saturated carbocycles. The third-order valence-corrected chi connectivity index (χ3v) is 4.66. The van der Waals surface area contributed by atoms with Crippen molar-refractivity contribution in [3.05, 3.63) is 58.6 Å². The molecular weight excluding hydrogens is 302 g/mol. The molecule has 124 valence electrons. The Balaban J connectivity index is 1.42. The number of aromatic amines is 1. The molecule has 2 aromatic heterocycles. The number of hydrogen-bond donors (Lipinski definition) is 2. The lowest BCUT2D eigenvalue weighted by Crippen LogP contribution is -2.33. The summed E-state index contributed by atoms with van der Waals surface area (Å²) in [5.41, 5.74) is 2.82. The van der Waals surface area contributed by atoms with Gasteiger partial charge >= 0.3 is 0 Å². The molecule has 1 fully saturated rings. The van der Waals surface area contributed by atoms with E-state index < -0.39 is 0 Å². The normalized spacial score (nSPS) is 17.7. The van der Waals surface area contributed by atoms with Crippen molar-refractivity contribution in [2.24, 2.45) is 7.05 Å². The van der Waals surface area contributed by atoms with Gasteiger partial charge in [0, 0.05) is 50.0 Å². The lowest BCUT2D eigenvalue weighted by molar-refractivity contribution is 0.549. The molecule has 6 heteroatoms. The van der Waals surface area contributed by atoms with E-state index in [1.807, 2.05) is 54.5 Å². The first-order valence-corrected chi connectivity index (χ1v) is 8.27. The van der Waals surface area contributed by atoms with Gasteiger partial charge in [-0.2, -0.15) is 5.10 Å². The first-order chi connectivity index (χ1) is 11.7. The van der Waals surface area contributed by atoms with Gasteiger partial charge in [0.1, 0.15) is 0 Å². The van der Waals surface area contributed by atoms with Gasteiger partial charge in [-0.15, -0.1) is 0 Å². The van der Waals surface area contributed by atoms with E-state index in [1.54, 1.807) is 0 Å². The van der Waals surface area contributed by atoms with Gasteiger partial charge in [-0.05, 0) is 23.9 Å². The minimum absolute atomic E-state index is 0.0108. The van der Waals surface area contributed by atoms with Crippen LogP contribution in [0, 0.1) is 0 Å². The molecule has 1 atom stereocenters. The van der Waals surface area contributed by atoms with Crippen LogP contribution in [0.5, 0.6) is 0 Å². The third kappa shape index (κ3) is 2.92. The molecule has 6 nitrogen and oxygen atoms in total. The fraction of sp³-hybridized carbons (Fsp3) is 0.333. The molecule has 1 aliphatic rings. The topological polar surface area (TPSA) is 65.9 Å². The molecular formula is C18H21N5O. The number of fused-ring (bicyclic) bond motifs is 1. The molecule has 1 saturated heterocycles. The van der Waals surface area contributed by atoms with Gasteiger partial charge in [-0.3, -0.25) is 9.48 Å². The third-order valence-electron chi connectivity index (χ3n) is 4.66. The number of hydrogen-bond acceptors (Lipinski definition) is 4. The van der Waals surface area contributed by atoms with E-state index in [0.29, 0.717) is 12.6 Å². The van der Waals surface area contributed by atoms with Crippen LogP contribution in [0.1, 0.15) is 12.0 Å². The Morgan fingerprint density at radius 3 is 3.08 bits per heavy atom. The highest BCUT2D eigenvalue weighted by Gasteiger charge is 2.23. The molecule has 24 heavy (non-hydrogen) atoms. The van der Waals surface area contributed by atoms with Crippen LogP contribution in [0.4, 0.5) is 5.69 Å². The first-order valence-electron chi connectivity index (χ1n) is 8.27. The number of benzene rings is 1. The molecule has 0 amide bonds. The van der Waals surface area contributed by atoms with Crippen LogP contribution >= 0.6 is 0 Å². The monoisotopic (exact) mass is 323 g/mol. The number of nitrogens with zero attached hydrogens (tertiary/aromatic N) is 3. The van der Waals surface area contributed by atoms with Crippen molar-refractivity contribution in [1.82, 2.24) is 20.1 Å². The van der Waals surface area contributed by atoms with Crippen LogP contribution in [0.15, 0.2) is 47.5 Å². The highest BCUT2D eigenvalue weighted by Crippen LogP contribution is 2.19. The summed E-state index contributed by atoms with van der Waals surface area (Å²) in [7, 11) is 1.93. The van der Waals surface area contributed by atoms with Crippen LogP contribution < -0.4 is 15.8 Å². The maximum atomic E-state index is 12.2. The summed E-state index contributed by atoms with van der Waals surface area (Å²) in [6, 6.07) is 10.2. The van der Waals surface area contributed by atoms with Crippen molar-refractivity contribution in [3.8, 4) is 0 Å². The zero-order chi connectivity index (χ0) is 16.5. The van der Waals surface area contributed by atoms with Gasteiger partial charge in [0.05, 0.1) is 11.9 Å². The summed E-state index contributed by atoms with van der Waals surface area (Å²) in [6.07, 6.45) is 5.01. The smallest absolute Gasteiger partial charge is 0.252 e. The van der Waals surface area contributed by atoms with Gasteiger partial charge in [0.2, 0.25) is 0 Å². The standard InChI is InChI=1S/C18H21N5O/c1-22-12-16(10-20-22)23-7-6-15(11-23)19-9-14-8-13-4-2-3-5-17(13)21-18(14)24/h2-5,8,10,12,15,19H,6-7,9,11H2,1H3,(H,21,24). The number of H-pyrrole nitrogens is 1. The molecule has 1 unspecified atom stereocenters. The second-order valence-electron chi connectivity index (χ2n) is 6.40. The van der Waals surface area contributed by atoms with E-state index in [1.165, 1.54) is 0 Å². The number of nitrogens with one attached hydrogen (secondary N) is 2. The average Bonchev–Trinajstić information content (AvgIpc) is 3.21. The van der Waals surface area contributed by atoms with E-state index >= 15 is 0 Å². The summed E-state index contributed by atoms with van der Waals surface area (Å²) in [6.45, 7) is 2.54. The molecule has 0 spiro atoms. The second kappa shape index (κ2) is 6.13. The zero-order valence-corrected chi connectivity index (χ0v) is 13.7. The van der Waals surface area contributed by atoms with Gasteiger partial charge in [-0.25, -0.2) is 0 Å². The van der Waals surface area contributed by atoms with Crippen molar-refractivity contribution >= 4 is 16.6 Å². The van der Waals surface area contributed by atoms with Gasteiger partial charge in [-0.1, -0.05) is 18.2 Å². The molecule has 3 heterocycles. The van der Waals surface area contributed by atoms with E-state index in [4.69, 9.17) is 0 Å². The Hall–Kier alpha value is -2.60. The summed E-state index contributed by atoms with van der Waals surface area (Å²) < 4.78 is 1.82. The lowest BCUT2D eigenvalue weighted by Gasteiger charge is -2.16.